The fraction of sp³-hybridized carbons (Fsp3) is 0.143. The van der Waals surface area contributed by atoms with Crippen LogP contribution in [-0.4, -0.2) is 9.85 Å². The SMILES string of the molecule is Cc1cc([N+](=O)[O-])ccc1Oc1ccc([N+](=O)[O-])cc1C. The Labute approximate surface area is 120 Å². The van der Waals surface area contributed by atoms with E-state index in [2.05, 4.69) is 0 Å². The summed E-state index contributed by atoms with van der Waals surface area (Å²) in [5, 5.41) is 21.4. The number of nitrogens with zero attached hydrogens (tertiary/aromatic N) is 2. The van der Waals surface area contributed by atoms with E-state index in [1.54, 1.807) is 13.8 Å². The molecule has 0 radical (unpaired) electrons. The molecule has 7 nitrogen and oxygen atoms in total. The standard InChI is InChI=1S/C14H12N2O5/c1-9-7-11(15(17)18)3-5-13(9)21-14-6-4-12(16(19)20)8-10(14)2/h3-8H,1-2H3. The number of ether oxygens (including phenoxy) is 1. The van der Waals surface area contributed by atoms with Crippen LogP contribution in [0.15, 0.2) is 36.4 Å². The molecular formula is C14H12N2O5. The number of nitro groups is 2. The molecule has 0 saturated carbocycles. The van der Waals surface area contributed by atoms with Gasteiger partial charge in [-0.1, -0.05) is 0 Å². The summed E-state index contributed by atoms with van der Waals surface area (Å²) in [5.74, 6) is 0.940. The van der Waals surface area contributed by atoms with Crippen LogP contribution in [0.25, 0.3) is 0 Å². The molecule has 0 bridgehead atoms. The topological polar surface area (TPSA) is 95.5 Å². The van der Waals surface area contributed by atoms with Gasteiger partial charge < -0.3 is 4.74 Å². The Morgan fingerprint density at radius 1 is 0.810 bits per heavy atom. The van der Waals surface area contributed by atoms with Gasteiger partial charge in [-0.3, -0.25) is 20.2 Å². The Kier molecular flexibility index (Phi) is 3.84. The van der Waals surface area contributed by atoms with Crippen molar-refractivity contribution in [2.75, 3.05) is 0 Å². The van der Waals surface area contributed by atoms with Crippen LogP contribution in [0.1, 0.15) is 11.1 Å². The summed E-state index contributed by atoms with van der Waals surface area (Å²) in [5.41, 5.74) is 1.20. The first-order valence-electron chi connectivity index (χ1n) is 6.06. The van der Waals surface area contributed by atoms with E-state index in [9.17, 15) is 20.2 Å². The predicted molar refractivity (Wildman–Crippen MR) is 75.7 cm³/mol. The molecule has 0 spiro atoms. The molecule has 0 fully saturated rings. The number of rotatable bonds is 4. The van der Waals surface area contributed by atoms with Crippen molar-refractivity contribution in [1.82, 2.24) is 0 Å². The molecule has 0 aliphatic heterocycles. The first-order valence-corrected chi connectivity index (χ1v) is 6.06. The molecule has 21 heavy (non-hydrogen) atoms. The van der Waals surface area contributed by atoms with E-state index in [4.69, 9.17) is 4.74 Å². The lowest BCUT2D eigenvalue weighted by molar-refractivity contribution is -0.385. The van der Waals surface area contributed by atoms with Crippen LogP contribution in [0.4, 0.5) is 11.4 Å². The fourth-order valence-electron chi connectivity index (χ4n) is 1.84. The molecule has 2 aromatic carbocycles. The Morgan fingerprint density at radius 2 is 1.19 bits per heavy atom. The lowest BCUT2D eigenvalue weighted by Gasteiger charge is -2.10. The molecule has 0 heterocycles. The van der Waals surface area contributed by atoms with Gasteiger partial charge in [0.25, 0.3) is 11.4 Å². The van der Waals surface area contributed by atoms with Gasteiger partial charge in [-0.2, -0.15) is 0 Å². The maximum atomic E-state index is 10.7. The third-order valence-corrected chi connectivity index (χ3v) is 2.96. The van der Waals surface area contributed by atoms with Crippen molar-refractivity contribution in [2.24, 2.45) is 0 Å². The molecule has 0 amide bonds. The van der Waals surface area contributed by atoms with Crippen LogP contribution in [0.3, 0.4) is 0 Å². The molecule has 7 heteroatoms. The number of hydrogen-bond acceptors (Lipinski definition) is 5. The monoisotopic (exact) mass is 288 g/mol. The average molecular weight is 288 g/mol. The Bertz CT molecular complexity index is 666. The summed E-state index contributed by atoms with van der Waals surface area (Å²) >= 11 is 0. The van der Waals surface area contributed by atoms with Crippen LogP contribution in [0.2, 0.25) is 0 Å². The maximum Gasteiger partial charge on any atom is 0.269 e. The van der Waals surface area contributed by atoms with Gasteiger partial charge in [0.2, 0.25) is 0 Å². The van der Waals surface area contributed by atoms with E-state index in [1.807, 2.05) is 0 Å². The highest BCUT2D eigenvalue weighted by atomic mass is 16.6. The quantitative estimate of drug-likeness (QED) is 0.627. The minimum absolute atomic E-state index is 0.0136. The predicted octanol–water partition coefficient (Wildman–Crippen LogP) is 3.91. The molecule has 0 saturated heterocycles. The summed E-state index contributed by atoms with van der Waals surface area (Å²) in [7, 11) is 0. The van der Waals surface area contributed by atoms with Gasteiger partial charge in [0.15, 0.2) is 0 Å². The number of hydrogen-bond donors (Lipinski definition) is 0. The number of nitro benzene ring substituents is 2. The van der Waals surface area contributed by atoms with Crippen LogP contribution < -0.4 is 4.74 Å². The van der Waals surface area contributed by atoms with Gasteiger partial charge in [0.05, 0.1) is 9.85 Å². The first-order chi connectivity index (χ1) is 9.88. The molecule has 2 rings (SSSR count). The highest BCUT2D eigenvalue weighted by molar-refractivity contribution is 5.48. The van der Waals surface area contributed by atoms with Crippen molar-refractivity contribution >= 4 is 11.4 Å². The Morgan fingerprint density at radius 3 is 1.48 bits per heavy atom. The second kappa shape index (κ2) is 5.58. The Balaban J connectivity index is 2.30. The van der Waals surface area contributed by atoms with Gasteiger partial charge in [0.1, 0.15) is 11.5 Å². The number of aryl methyl sites for hydroxylation is 2. The van der Waals surface area contributed by atoms with E-state index in [-0.39, 0.29) is 11.4 Å². The van der Waals surface area contributed by atoms with Gasteiger partial charge in [-0.05, 0) is 37.1 Å². The van der Waals surface area contributed by atoms with E-state index < -0.39 is 9.85 Å². The molecule has 0 aliphatic carbocycles. The smallest absolute Gasteiger partial charge is 0.269 e. The van der Waals surface area contributed by atoms with Crippen molar-refractivity contribution in [1.29, 1.82) is 0 Å². The third-order valence-electron chi connectivity index (χ3n) is 2.96. The van der Waals surface area contributed by atoms with Crippen LogP contribution in [-0.2, 0) is 0 Å². The summed E-state index contributed by atoms with van der Waals surface area (Å²) in [6.07, 6.45) is 0. The molecule has 0 unspecified atom stereocenters. The molecule has 108 valence electrons. The van der Waals surface area contributed by atoms with Gasteiger partial charge in [-0.15, -0.1) is 0 Å². The molecular weight excluding hydrogens is 276 g/mol. The summed E-state index contributed by atoms with van der Waals surface area (Å²) in [6.45, 7) is 3.39. The first kappa shape index (κ1) is 14.4. The van der Waals surface area contributed by atoms with Crippen LogP contribution in [0, 0.1) is 34.1 Å². The number of benzene rings is 2. The normalized spacial score (nSPS) is 10.2. The van der Waals surface area contributed by atoms with Crippen molar-refractivity contribution < 1.29 is 14.6 Å². The highest BCUT2D eigenvalue weighted by Gasteiger charge is 2.12. The molecule has 0 N–H and O–H groups in total. The maximum absolute atomic E-state index is 10.7. The molecule has 0 atom stereocenters. The van der Waals surface area contributed by atoms with Crippen molar-refractivity contribution in [3.8, 4) is 11.5 Å². The average Bonchev–Trinajstić information content (AvgIpc) is 2.42. The second-order valence-electron chi connectivity index (χ2n) is 4.52. The lowest BCUT2D eigenvalue weighted by atomic mass is 10.2. The minimum Gasteiger partial charge on any atom is -0.457 e. The van der Waals surface area contributed by atoms with E-state index in [0.717, 1.165) is 0 Å². The van der Waals surface area contributed by atoms with Gasteiger partial charge >= 0.3 is 0 Å². The molecule has 2 aromatic rings. The van der Waals surface area contributed by atoms with Gasteiger partial charge in [0, 0.05) is 24.3 Å². The van der Waals surface area contributed by atoms with E-state index >= 15 is 0 Å². The van der Waals surface area contributed by atoms with Crippen LogP contribution >= 0.6 is 0 Å². The molecule has 0 aromatic heterocycles. The van der Waals surface area contributed by atoms with E-state index in [1.165, 1.54) is 36.4 Å². The number of non-ortho nitro benzene ring substituents is 2. The second-order valence-corrected chi connectivity index (χ2v) is 4.52. The fourth-order valence-corrected chi connectivity index (χ4v) is 1.84. The van der Waals surface area contributed by atoms with Crippen LogP contribution in [0.5, 0.6) is 11.5 Å². The summed E-state index contributed by atoms with van der Waals surface area (Å²) in [4.78, 5) is 20.4. The summed E-state index contributed by atoms with van der Waals surface area (Å²) in [6, 6.07) is 8.54. The highest BCUT2D eigenvalue weighted by Crippen LogP contribution is 2.31. The van der Waals surface area contributed by atoms with E-state index in [0.29, 0.717) is 22.6 Å². The zero-order valence-electron chi connectivity index (χ0n) is 11.4. The lowest BCUT2D eigenvalue weighted by Crippen LogP contribution is -1.94. The third kappa shape index (κ3) is 3.14. The summed E-state index contributed by atoms with van der Waals surface area (Å²) < 4.78 is 5.66. The zero-order valence-corrected chi connectivity index (χ0v) is 11.4. The van der Waals surface area contributed by atoms with Crippen molar-refractivity contribution in [3.05, 3.63) is 67.8 Å². The Hall–Kier alpha value is -2.96. The van der Waals surface area contributed by atoms with Crippen molar-refractivity contribution in [3.63, 3.8) is 0 Å². The van der Waals surface area contributed by atoms with Gasteiger partial charge in [-0.25, -0.2) is 0 Å². The molecule has 0 aliphatic rings. The van der Waals surface area contributed by atoms with Crippen molar-refractivity contribution in [2.45, 2.75) is 13.8 Å². The zero-order chi connectivity index (χ0) is 15.6. The minimum atomic E-state index is -0.478. The largest absolute Gasteiger partial charge is 0.457 e.